The summed E-state index contributed by atoms with van der Waals surface area (Å²) in [6, 6.07) is 7.23. The summed E-state index contributed by atoms with van der Waals surface area (Å²) in [7, 11) is 0. The summed E-state index contributed by atoms with van der Waals surface area (Å²) in [5.41, 5.74) is 1.29. The molecule has 1 heterocycles. The monoisotopic (exact) mass is 338 g/mol. The quantitative estimate of drug-likeness (QED) is 0.730. The van der Waals surface area contributed by atoms with Crippen molar-refractivity contribution in [2.24, 2.45) is 5.92 Å². The van der Waals surface area contributed by atoms with Crippen LogP contribution in [-0.4, -0.2) is 41.1 Å². The summed E-state index contributed by atoms with van der Waals surface area (Å²) < 4.78 is 11.4. The number of para-hydroxylation sites is 2. The molecule has 2 rings (SSSR count). The number of aliphatic hydroxyl groups excluding tert-OH is 1. The number of amides is 1. The molecule has 1 fully saturated rings. The molecular formula is C16H22N2O4S. The first-order chi connectivity index (χ1) is 10.9. The molecule has 0 bridgehead atoms. The fraction of sp³-hybridized carbons (Fsp3) is 0.500. The molecule has 0 saturated carbocycles. The molecule has 1 saturated heterocycles. The van der Waals surface area contributed by atoms with Crippen LogP contribution < -0.4 is 10.6 Å². The molecule has 0 aromatic heterocycles. The van der Waals surface area contributed by atoms with Crippen molar-refractivity contribution < 1.29 is 19.4 Å². The Morgan fingerprint density at radius 3 is 2.43 bits per heavy atom. The maximum absolute atomic E-state index is 11.2. The van der Waals surface area contributed by atoms with E-state index >= 15 is 0 Å². The van der Waals surface area contributed by atoms with Gasteiger partial charge in [0.2, 0.25) is 5.91 Å². The third-order valence-electron chi connectivity index (χ3n) is 3.85. The highest BCUT2D eigenvalue weighted by Crippen LogP contribution is 2.29. The van der Waals surface area contributed by atoms with Crippen LogP contribution in [0.5, 0.6) is 0 Å². The van der Waals surface area contributed by atoms with Gasteiger partial charge in [0.15, 0.2) is 0 Å². The highest BCUT2D eigenvalue weighted by molar-refractivity contribution is 7.80. The molecule has 6 nitrogen and oxygen atoms in total. The Bertz CT molecular complexity index is 581. The van der Waals surface area contributed by atoms with E-state index in [0.717, 1.165) is 0 Å². The Labute approximate surface area is 141 Å². The van der Waals surface area contributed by atoms with Crippen molar-refractivity contribution in [2.45, 2.75) is 39.1 Å². The minimum atomic E-state index is -0.246. The van der Waals surface area contributed by atoms with Crippen molar-refractivity contribution >= 4 is 34.7 Å². The average Bonchev–Trinajstić information content (AvgIpc) is 2.76. The van der Waals surface area contributed by atoms with E-state index in [9.17, 15) is 9.90 Å². The predicted octanol–water partition coefficient (Wildman–Crippen LogP) is 2.14. The predicted molar refractivity (Wildman–Crippen MR) is 92.4 cm³/mol. The van der Waals surface area contributed by atoms with Gasteiger partial charge in [-0.1, -0.05) is 19.1 Å². The highest BCUT2D eigenvalue weighted by atomic mass is 32.1. The third-order valence-corrected chi connectivity index (χ3v) is 4.05. The van der Waals surface area contributed by atoms with Gasteiger partial charge in [-0.05, 0) is 31.3 Å². The lowest BCUT2D eigenvalue weighted by Gasteiger charge is -2.22. The van der Waals surface area contributed by atoms with Gasteiger partial charge in [-0.25, -0.2) is 0 Å². The molecule has 4 atom stereocenters. The van der Waals surface area contributed by atoms with Crippen LogP contribution in [0.15, 0.2) is 24.3 Å². The van der Waals surface area contributed by atoms with Crippen LogP contribution >= 0.6 is 12.2 Å². The van der Waals surface area contributed by atoms with Gasteiger partial charge in [-0.3, -0.25) is 4.79 Å². The van der Waals surface area contributed by atoms with Crippen LogP contribution in [0.1, 0.15) is 20.8 Å². The first-order valence-corrected chi connectivity index (χ1v) is 7.93. The maximum Gasteiger partial charge on any atom is 0.261 e. The van der Waals surface area contributed by atoms with Gasteiger partial charge < -0.3 is 25.2 Å². The van der Waals surface area contributed by atoms with Crippen molar-refractivity contribution in [1.82, 2.24) is 0 Å². The standard InChI is InChI=1S/C16H22N2O4S/c1-9-14(8-19)21-10(2)15(9)22-16(23)18-13-7-5-4-6-12(13)17-11(3)20/h4-7,9-10,14-15,19H,8H2,1-3H3,(H,17,20)(H,18,23). The van der Waals surface area contributed by atoms with Gasteiger partial charge in [-0.2, -0.15) is 0 Å². The largest absolute Gasteiger partial charge is 0.464 e. The minimum Gasteiger partial charge on any atom is -0.464 e. The Balaban J connectivity index is 2.02. The molecule has 1 aliphatic rings. The van der Waals surface area contributed by atoms with E-state index in [2.05, 4.69) is 10.6 Å². The van der Waals surface area contributed by atoms with Crippen LogP contribution in [0, 0.1) is 5.92 Å². The minimum absolute atomic E-state index is 0.0281. The first kappa shape index (κ1) is 17.7. The number of hydrogen-bond acceptors (Lipinski definition) is 5. The van der Waals surface area contributed by atoms with E-state index in [1.807, 2.05) is 26.0 Å². The number of carbonyl (C=O) groups excluding carboxylic acids is 1. The maximum atomic E-state index is 11.2. The van der Waals surface area contributed by atoms with E-state index in [0.29, 0.717) is 11.4 Å². The summed E-state index contributed by atoms with van der Waals surface area (Å²) in [6.07, 6.45) is -0.642. The van der Waals surface area contributed by atoms with Crippen molar-refractivity contribution in [1.29, 1.82) is 0 Å². The molecule has 7 heteroatoms. The zero-order chi connectivity index (χ0) is 17.0. The van der Waals surface area contributed by atoms with E-state index in [1.165, 1.54) is 6.92 Å². The Morgan fingerprint density at radius 1 is 1.30 bits per heavy atom. The van der Waals surface area contributed by atoms with Gasteiger partial charge in [0, 0.05) is 12.8 Å². The number of benzene rings is 1. The number of ether oxygens (including phenoxy) is 2. The third kappa shape index (κ3) is 4.40. The van der Waals surface area contributed by atoms with Gasteiger partial charge in [-0.15, -0.1) is 0 Å². The van der Waals surface area contributed by atoms with Gasteiger partial charge in [0.1, 0.15) is 6.10 Å². The second kappa shape index (κ2) is 7.72. The lowest BCUT2D eigenvalue weighted by Crippen LogP contribution is -2.32. The smallest absolute Gasteiger partial charge is 0.261 e. The fourth-order valence-electron chi connectivity index (χ4n) is 2.68. The normalized spacial score (nSPS) is 26.6. The molecule has 1 aromatic carbocycles. The van der Waals surface area contributed by atoms with E-state index < -0.39 is 0 Å². The van der Waals surface area contributed by atoms with Crippen LogP contribution in [0.2, 0.25) is 0 Å². The van der Waals surface area contributed by atoms with Crippen LogP contribution in [0.3, 0.4) is 0 Å². The molecular weight excluding hydrogens is 316 g/mol. The number of anilines is 2. The fourth-order valence-corrected chi connectivity index (χ4v) is 2.90. The van der Waals surface area contributed by atoms with Crippen molar-refractivity contribution in [3.05, 3.63) is 24.3 Å². The van der Waals surface area contributed by atoms with Crippen LogP contribution in [0.4, 0.5) is 11.4 Å². The zero-order valence-corrected chi connectivity index (χ0v) is 14.2. The summed E-state index contributed by atoms with van der Waals surface area (Å²) in [4.78, 5) is 11.2. The number of aliphatic hydroxyl groups is 1. The Kier molecular flexibility index (Phi) is 5.92. The molecule has 1 aliphatic heterocycles. The van der Waals surface area contributed by atoms with Crippen molar-refractivity contribution in [2.75, 3.05) is 17.2 Å². The van der Waals surface area contributed by atoms with Crippen molar-refractivity contribution in [3.63, 3.8) is 0 Å². The molecule has 3 N–H and O–H groups in total. The number of carbonyl (C=O) groups is 1. The molecule has 23 heavy (non-hydrogen) atoms. The summed E-state index contributed by atoms with van der Waals surface area (Å²) >= 11 is 5.26. The first-order valence-electron chi connectivity index (χ1n) is 7.53. The number of nitrogens with one attached hydrogen (secondary N) is 2. The topological polar surface area (TPSA) is 79.8 Å². The number of thiocarbonyl (C=S) groups is 1. The summed E-state index contributed by atoms with van der Waals surface area (Å²) in [5, 5.41) is 15.2. The lowest BCUT2D eigenvalue weighted by atomic mass is 9.99. The van der Waals surface area contributed by atoms with Gasteiger partial charge in [0.25, 0.3) is 5.17 Å². The van der Waals surface area contributed by atoms with Gasteiger partial charge in [0.05, 0.1) is 30.2 Å². The van der Waals surface area contributed by atoms with E-state index in [4.69, 9.17) is 21.7 Å². The van der Waals surface area contributed by atoms with E-state index in [1.54, 1.807) is 12.1 Å². The number of hydrogen-bond donors (Lipinski definition) is 3. The summed E-state index contributed by atoms with van der Waals surface area (Å²) in [6.45, 7) is 5.25. The Hall–Kier alpha value is -1.70. The molecule has 4 unspecified atom stereocenters. The lowest BCUT2D eigenvalue weighted by molar-refractivity contribution is -0.114. The van der Waals surface area contributed by atoms with Crippen LogP contribution in [0.25, 0.3) is 0 Å². The van der Waals surface area contributed by atoms with Gasteiger partial charge >= 0.3 is 0 Å². The molecule has 126 valence electrons. The SMILES string of the molecule is CC(=O)Nc1ccccc1NC(=S)OC1C(C)OC(CO)C1C. The molecule has 0 aliphatic carbocycles. The number of rotatable bonds is 4. The second-order valence-electron chi connectivity index (χ2n) is 5.64. The molecule has 0 spiro atoms. The zero-order valence-electron chi connectivity index (χ0n) is 13.4. The second-order valence-corrected chi connectivity index (χ2v) is 6.01. The average molecular weight is 338 g/mol. The highest BCUT2D eigenvalue weighted by Gasteiger charge is 2.41. The Morgan fingerprint density at radius 2 is 1.91 bits per heavy atom. The van der Waals surface area contributed by atoms with E-state index in [-0.39, 0.29) is 41.9 Å². The van der Waals surface area contributed by atoms with Crippen molar-refractivity contribution in [3.8, 4) is 0 Å². The molecule has 1 amide bonds. The molecule has 0 radical (unpaired) electrons. The van der Waals surface area contributed by atoms with Crippen LogP contribution in [-0.2, 0) is 14.3 Å². The summed E-state index contributed by atoms with van der Waals surface area (Å²) in [5.74, 6) is -0.136. The molecule has 1 aromatic rings.